The van der Waals surface area contributed by atoms with Gasteiger partial charge in [-0.1, -0.05) is 19.1 Å². The molecule has 3 atom stereocenters. The van der Waals surface area contributed by atoms with Gasteiger partial charge in [0.15, 0.2) is 5.79 Å². The monoisotopic (exact) mass is 182 g/mol. The van der Waals surface area contributed by atoms with Crippen molar-refractivity contribution in [2.24, 2.45) is 5.92 Å². The van der Waals surface area contributed by atoms with Crippen molar-refractivity contribution in [2.45, 2.75) is 39.1 Å². The zero-order chi connectivity index (χ0) is 10.1. The molecule has 1 rings (SSSR count). The summed E-state index contributed by atoms with van der Waals surface area (Å²) >= 11 is 0. The maximum Gasteiger partial charge on any atom is 0.191 e. The molecule has 0 radical (unpaired) electrons. The molecule has 1 unspecified atom stereocenters. The minimum Gasteiger partial charge on any atom is -0.362 e. The van der Waals surface area contributed by atoms with Gasteiger partial charge in [0.2, 0.25) is 0 Å². The first kappa shape index (κ1) is 10.5. The predicted molar refractivity (Wildman–Crippen MR) is 53.2 cm³/mol. The van der Waals surface area contributed by atoms with Crippen LogP contribution >= 0.6 is 0 Å². The van der Waals surface area contributed by atoms with Crippen molar-refractivity contribution in [3.05, 3.63) is 24.3 Å². The fourth-order valence-electron chi connectivity index (χ4n) is 1.57. The van der Waals surface area contributed by atoms with Crippen LogP contribution < -0.4 is 0 Å². The fraction of sp³-hybridized carbons (Fsp3) is 0.636. The van der Waals surface area contributed by atoms with E-state index in [1.807, 2.05) is 13.8 Å². The summed E-state index contributed by atoms with van der Waals surface area (Å²) < 4.78 is 5.55. The molecule has 1 aliphatic rings. The molecule has 0 aromatic rings. The maximum atomic E-state index is 10.1. The third kappa shape index (κ3) is 2.01. The molecule has 1 N–H and O–H groups in total. The molecule has 0 aliphatic carbocycles. The molecule has 0 aromatic carbocycles. The van der Waals surface area contributed by atoms with E-state index in [0.717, 1.165) is 5.57 Å². The molecule has 0 amide bonds. The van der Waals surface area contributed by atoms with Crippen LogP contribution in [0.1, 0.15) is 27.2 Å². The summed E-state index contributed by atoms with van der Waals surface area (Å²) in [5.41, 5.74) is 0.887. The molecule has 0 aromatic heterocycles. The van der Waals surface area contributed by atoms with Crippen LogP contribution in [0.15, 0.2) is 24.3 Å². The summed E-state index contributed by atoms with van der Waals surface area (Å²) in [4.78, 5) is 0. The molecule has 0 spiro atoms. The predicted octanol–water partition coefficient (Wildman–Crippen LogP) is 2.25. The molecule has 13 heavy (non-hydrogen) atoms. The largest absolute Gasteiger partial charge is 0.362 e. The number of hydrogen-bond acceptors (Lipinski definition) is 2. The summed E-state index contributed by atoms with van der Waals surface area (Å²) in [7, 11) is 0. The van der Waals surface area contributed by atoms with Crippen LogP contribution in [0, 0.1) is 5.92 Å². The fourth-order valence-corrected chi connectivity index (χ4v) is 1.57. The van der Waals surface area contributed by atoms with E-state index in [4.69, 9.17) is 4.74 Å². The molecule has 2 heteroatoms. The van der Waals surface area contributed by atoms with Crippen molar-refractivity contribution >= 4 is 0 Å². The maximum absolute atomic E-state index is 10.1. The molecule has 0 saturated heterocycles. The van der Waals surface area contributed by atoms with Crippen molar-refractivity contribution in [3.63, 3.8) is 0 Å². The lowest BCUT2D eigenvalue weighted by Gasteiger charge is -2.38. The molecule has 1 heterocycles. The van der Waals surface area contributed by atoms with Gasteiger partial charge >= 0.3 is 0 Å². The smallest absolute Gasteiger partial charge is 0.191 e. The third-order valence-electron chi connectivity index (χ3n) is 2.67. The summed E-state index contributed by atoms with van der Waals surface area (Å²) in [6.07, 6.45) is 4.26. The van der Waals surface area contributed by atoms with Crippen LogP contribution in [0.25, 0.3) is 0 Å². The molecular formula is C11H18O2. The Morgan fingerprint density at radius 2 is 2.31 bits per heavy atom. The van der Waals surface area contributed by atoms with Gasteiger partial charge < -0.3 is 9.84 Å². The van der Waals surface area contributed by atoms with Crippen LogP contribution in [-0.4, -0.2) is 17.0 Å². The average Bonchev–Trinajstić information content (AvgIpc) is 2.02. The lowest BCUT2D eigenvalue weighted by molar-refractivity contribution is -0.212. The zero-order valence-corrected chi connectivity index (χ0v) is 8.58. The van der Waals surface area contributed by atoms with Crippen LogP contribution in [0.4, 0.5) is 0 Å². The molecule has 0 saturated carbocycles. The Morgan fingerprint density at radius 1 is 1.69 bits per heavy atom. The van der Waals surface area contributed by atoms with E-state index >= 15 is 0 Å². The van der Waals surface area contributed by atoms with Gasteiger partial charge in [-0.05, 0) is 19.4 Å². The van der Waals surface area contributed by atoms with Gasteiger partial charge in [-0.2, -0.15) is 0 Å². The van der Waals surface area contributed by atoms with E-state index in [-0.39, 0.29) is 6.10 Å². The first-order valence-corrected chi connectivity index (χ1v) is 4.69. The van der Waals surface area contributed by atoms with Gasteiger partial charge in [-0.25, -0.2) is 0 Å². The second kappa shape index (κ2) is 3.64. The standard InChI is InChI=1S/C11H18O2/c1-5-6-11(12)9(3)7-8(2)10(4)13-11/h5,7-8,10,12H,1,6H2,2-4H3/t8-,10-,11?/m1/s1. The zero-order valence-electron chi connectivity index (χ0n) is 8.58. The average molecular weight is 182 g/mol. The lowest BCUT2D eigenvalue weighted by Crippen LogP contribution is -2.42. The van der Waals surface area contributed by atoms with E-state index in [2.05, 4.69) is 19.6 Å². The second-order valence-electron chi connectivity index (χ2n) is 3.81. The van der Waals surface area contributed by atoms with Crippen molar-refractivity contribution in [2.75, 3.05) is 0 Å². The minimum absolute atomic E-state index is 0.0636. The Hall–Kier alpha value is -0.600. The molecule has 74 valence electrons. The third-order valence-corrected chi connectivity index (χ3v) is 2.67. The summed E-state index contributed by atoms with van der Waals surface area (Å²) in [6.45, 7) is 9.56. The number of ether oxygens (including phenoxy) is 1. The van der Waals surface area contributed by atoms with Crippen LogP contribution in [0.5, 0.6) is 0 Å². The van der Waals surface area contributed by atoms with Crippen LogP contribution in [0.2, 0.25) is 0 Å². The highest BCUT2D eigenvalue weighted by atomic mass is 16.6. The Morgan fingerprint density at radius 3 is 2.85 bits per heavy atom. The summed E-state index contributed by atoms with van der Waals surface area (Å²) in [5.74, 6) is -0.752. The number of rotatable bonds is 2. The number of hydrogen-bond donors (Lipinski definition) is 1. The Bertz CT molecular complexity index is 232. The molecule has 1 aliphatic heterocycles. The van der Waals surface area contributed by atoms with Gasteiger partial charge in [0.25, 0.3) is 0 Å². The molecule has 2 nitrogen and oxygen atoms in total. The molecular weight excluding hydrogens is 164 g/mol. The Labute approximate surface area is 79.9 Å². The first-order chi connectivity index (χ1) is 5.99. The Kier molecular flexibility index (Phi) is 2.94. The summed E-state index contributed by atoms with van der Waals surface area (Å²) in [6, 6.07) is 0. The van der Waals surface area contributed by atoms with E-state index in [1.54, 1.807) is 6.08 Å². The topological polar surface area (TPSA) is 29.5 Å². The van der Waals surface area contributed by atoms with E-state index < -0.39 is 5.79 Å². The van der Waals surface area contributed by atoms with Gasteiger partial charge in [-0.3, -0.25) is 0 Å². The second-order valence-corrected chi connectivity index (χ2v) is 3.81. The Balaban J connectivity index is 2.88. The van der Waals surface area contributed by atoms with E-state index in [1.165, 1.54) is 0 Å². The van der Waals surface area contributed by atoms with Crippen molar-refractivity contribution < 1.29 is 9.84 Å². The van der Waals surface area contributed by atoms with Gasteiger partial charge in [-0.15, -0.1) is 6.58 Å². The SMILES string of the molecule is C=CCC1(O)O[C@H](C)[C@H](C)C=C1C. The summed E-state index contributed by atoms with van der Waals surface area (Å²) in [5, 5.41) is 10.1. The normalized spacial score (nSPS) is 39.8. The first-order valence-electron chi connectivity index (χ1n) is 4.69. The van der Waals surface area contributed by atoms with Crippen LogP contribution in [0.3, 0.4) is 0 Å². The highest BCUT2D eigenvalue weighted by molar-refractivity contribution is 5.16. The van der Waals surface area contributed by atoms with Gasteiger partial charge in [0, 0.05) is 12.3 Å². The molecule has 0 bridgehead atoms. The van der Waals surface area contributed by atoms with Gasteiger partial charge in [0.05, 0.1) is 6.10 Å². The van der Waals surface area contributed by atoms with E-state index in [9.17, 15) is 5.11 Å². The van der Waals surface area contributed by atoms with Crippen molar-refractivity contribution in [1.29, 1.82) is 0 Å². The van der Waals surface area contributed by atoms with Crippen LogP contribution in [-0.2, 0) is 4.74 Å². The quantitative estimate of drug-likeness (QED) is 0.664. The van der Waals surface area contributed by atoms with Crippen molar-refractivity contribution in [1.82, 2.24) is 0 Å². The van der Waals surface area contributed by atoms with E-state index in [0.29, 0.717) is 12.3 Å². The highest BCUT2D eigenvalue weighted by Gasteiger charge is 2.36. The lowest BCUT2D eigenvalue weighted by atomic mass is 9.92. The molecule has 0 fully saturated rings. The minimum atomic E-state index is -1.12. The highest BCUT2D eigenvalue weighted by Crippen LogP contribution is 2.32. The van der Waals surface area contributed by atoms with Gasteiger partial charge in [0.1, 0.15) is 0 Å². The number of aliphatic hydroxyl groups is 1. The van der Waals surface area contributed by atoms with Crippen molar-refractivity contribution in [3.8, 4) is 0 Å².